The monoisotopic (exact) mass is 434 g/mol. The van der Waals surface area contributed by atoms with E-state index < -0.39 is 11.9 Å². The van der Waals surface area contributed by atoms with Crippen molar-refractivity contribution >= 4 is 5.97 Å². The molecule has 166 valence electrons. The second-order valence-electron chi connectivity index (χ2n) is 7.29. The van der Waals surface area contributed by atoms with Crippen LogP contribution < -0.4 is 15.2 Å². The van der Waals surface area contributed by atoms with Crippen LogP contribution in [0.3, 0.4) is 0 Å². The van der Waals surface area contributed by atoms with E-state index >= 15 is 0 Å². The van der Waals surface area contributed by atoms with Gasteiger partial charge in [0.15, 0.2) is 0 Å². The summed E-state index contributed by atoms with van der Waals surface area (Å²) in [5, 5.41) is 9.76. The lowest BCUT2D eigenvalue weighted by atomic mass is 9.82. The molecule has 0 saturated heterocycles. The Bertz CT molecular complexity index is 1110. The van der Waals surface area contributed by atoms with Gasteiger partial charge in [-0.25, -0.2) is 4.79 Å². The Kier molecular flexibility index (Phi) is 7.06. The smallest absolute Gasteiger partial charge is 0.338 e. The molecule has 1 heterocycles. The van der Waals surface area contributed by atoms with Gasteiger partial charge in [0.25, 0.3) is 0 Å². The van der Waals surface area contributed by atoms with E-state index in [1.807, 2.05) is 37.3 Å². The number of carbonyl (C=O) groups is 1. The van der Waals surface area contributed by atoms with Gasteiger partial charge in [-0.1, -0.05) is 23.8 Å². The third-order valence-electron chi connectivity index (χ3n) is 5.15. The molecule has 3 rings (SSSR count). The van der Waals surface area contributed by atoms with Crippen LogP contribution in [0.2, 0.25) is 0 Å². The lowest BCUT2D eigenvalue weighted by Crippen LogP contribution is -2.25. The third kappa shape index (κ3) is 4.70. The first-order valence-electron chi connectivity index (χ1n) is 10.2. The van der Waals surface area contributed by atoms with Crippen molar-refractivity contribution < 1.29 is 23.7 Å². The Balaban J connectivity index is 2.02. The number of nitriles is 1. The maximum Gasteiger partial charge on any atom is 0.338 e. The van der Waals surface area contributed by atoms with Crippen LogP contribution in [0.5, 0.6) is 11.5 Å². The van der Waals surface area contributed by atoms with Crippen molar-refractivity contribution in [2.24, 2.45) is 5.73 Å². The zero-order valence-corrected chi connectivity index (χ0v) is 18.6. The Hall–Kier alpha value is -3.92. The average molecular weight is 434 g/mol. The molecule has 2 aromatic carbocycles. The first-order valence-corrected chi connectivity index (χ1v) is 10.2. The molecule has 32 heavy (non-hydrogen) atoms. The minimum Gasteiger partial charge on any atom is -0.496 e. The van der Waals surface area contributed by atoms with Crippen LogP contribution in [0.25, 0.3) is 0 Å². The largest absolute Gasteiger partial charge is 0.496 e. The average Bonchev–Trinajstić information content (AvgIpc) is 2.78. The third-order valence-corrected chi connectivity index (χ3v) is 5.15. The molecule has 0 radical (unpaired) electrons. The van der Waals surface area contributed by atoms with Crippen molar-refractivity contribution in [1.29, 1.82) is 5.26 Å². The van der Waals surface area contributed by atoms with Crippen LogP contribution in [0.4, 0.5) is 0 Å². The summed E-state index contributed by atoms with van der Waals surface area (Å²) in [6.45, 7) is 5.79. The summed E-state index contributed by atoms with van der Waals surface area (Å²) in [6, 6.07) is 15.2. The number of hydrogen-bond acceptors (Lipinski definition) is 7. The van der Waals surface area contributed by atoms with Gasteiger partial charge in [0.1, 0.15) is 35.5 Å². The molecule has 1 atom stereocenters. The Morgan fingerprint density at radius 1 is 1.19 bits per heavy atom. The van der Waals surface area contributed by atoms with E-state index in [1.54, 1.807) is 33.1 Å². The second-order valence-corrected chi connectivity index (χ2v) is 7.29. The number of rotatable bonds is 7. The quantitative estimate of drug-likeness (QED) is 0.651. The van der Waals surface area contributed by atoms with Crippen LogP contribution in [-0.2, 0) is 20.9 Å². The highest BCUT2D eigenvalue weighted by Crippen LogP contribution is 2.40. The Morgan fingerprint density at radius 3 is 2.53 bits per heavy atom. The highest BCUT2D eigenvalue weighted by atomic mass is 16.5. The number of methoxy groups -OCH3 is 1. The first-order chi connectivity index (χ1) is 15.4. The fourth-order valence-corrected chi connectivity index (χ4v) is 3.57. The van der Waals surface area contributed by atoms with Gasteiger partial charge in [0.05, 0.1) is 25.2 Å². The van der Waals surface area contributed by atoms with E-state index in [0.29, 0.717) is 17.1 Å². The molecule has 0 aromatic heterocycles. The predicted molar refractivity (Wildman–Crippen MR) is 118 cm³/mol. The second kappa shape index (κ2) is 9.92. The molecule has 7 heteroatoms. The standard InChI is InChI=1S/C25H26N2O5/c1-5-30-25(28)22-16(3)32-24(27)20(13-26)23(22)17-8-11-21(29-4)18(12-17)14-31-19-9-6-15(2)7-10-19/h6-12,23H,5,14,27H2,1-4H3/t23-/m0/s1. The van der Waals surface area contributed by atoms with Crippen molar-refractivity contribution in [3.63, 3.8) is 0 Å². The summed E-state index contributed by atoms with van der Waals surface area (Å²) in [7, 11) is 1.57. The van der Waals surface area contributed by atoms with Gasteiger partial charge in [0, 0.05) is 5.56 Å². The van der Waals surface area contributed by atoms with Gasteiger partial charge in [0.2, 0.25) is 5.88 Å². The lowest BCUT2D eigenvalue weighted by molar-refractivity contribution is -0.139. The van der Waals surface area contributed by atoms with E-state index in [4.69, 9.17) is 24.7 Å². The fourth-order valence-electron chi connectivity index (χ4n) is 3.57. The SMILES string of the molecule is CCOC(=O)C1=C(C)OC(N)=C(C#N)[C@@H]1c1ccc(OC)c(COc2ccc(C)cc2)c1. The van der Waals surface area contributed by atoms with Gasteiger partial charge in [-0.05, 0) is 50.6 Å². The van der Waals surface area contributed by atoms with Gasteiger partial charge >= 0.3 is 5.97 Å². The molecule has 0 bridgehead atoms. The fraction of sp³-hybridized carbons (Fsp3) is 0.280. The number of aryl methyl sites for hydroxylation is 1. The predicted octanol–water partition coefficient (Wildman–Crippen LogP) is 4.23. The molecule has 0 unspecified atom stereocenters. The van der Waals surface area contributed by atoms with Crippen molar-refractivity contribution in [3.05, 3.63) is 81.9 Å². The molecule has 2 aromatic rings. The van der Waals surface area contributed by atoms with Gasteiger partial charge in [-0.3, -0.25) is 0 Å². The molecule has 0 fully saturated rings. The Labute approximate surface area is 187 Å². The number of carbonyl (C=O) groups excluding carboxylic acids is 1. The first kappa shape index (κ1) is 22.8. The normalized spacial score (nSPS) is 15.7. The van der Waals surface area contributed by atoms with Crippen LogP contribution in [0, 0.1) is 18.3 Å². The molecule has 0 aliphatic carbocycles. The summed E-state index contributed by atoms with van der Waals surface area (Å²) in [6.07, 6.45) is 0. The number of hydrogen-bond donors (Lipinski definition) is 1. The van der Waals surface area contributed by atoms with E-state index in [0.717, 1.165) is 16.9 Å². The molecule has 0 spiro atoms. The summed E-state index contributed by atoms with van der Waals surface area (Å²) in [4.78, 5) is 12.7. The molecule has 1 aliphatic heterocycles. The lowest BCUT2D eigenvalue weighted by Gasteiger charge is -2.27. The van der Waals surface area contributed by atoms with Gasteiger partial charge in [-0.2, -0.15) is 5.26 Å². The van der Waals surface area contributed by atoms with Crippen molar-refractivity contribution in [3.8, 4) is 17.6 Å². The zero-order valence-electron chi connectivity index (χ0n) is 18.6. The summed E-state index contributed by atoms with van der Waals surface area (Å²) >= 11 is 0. The topological polar surface area (TPSA) is 104 Å². The minimum atomic E-state index is -0.725. The minimum absolute atomic E-state index is 0.0312. The maximum atomic E-state index is 12.7. The van der Waals surface area contributed by atoms with E-state index in [9.17, 15) is 10.1 Å². The van der Waals surface area contributed by atoms with Crippen LogP contribution in [-0.4, -0.2) is 19.7 Å². The van der Waals surface area contributed by atoms with Crippen LogP contribution >= 0.6 is 0 Å². The van der Waals surface area contributed by atoms with E-state index in [2.05, 4.69) is 6.07 Å². The molecular weight excluding hydrogens is 408 g/mol. The summed E-state index contributed by atoms with van der Waals surface area (Å²) in [5.74, 6) is 0.343. The van der Waals surface area contributed by atoms with E-state index in [1.165, 1.54) is 0 Å². The van der Waals surface area contributed by atoms with E-state index in [-0.39, 0.29) is 30.2 Å². The molecule has 1 aliphatic rings. The molecular formula is C25H26N2O5. The highest BCUT2D eigenvalue weighted by molar-refractivity contribution is 5.92. The zero-order chi connectivity index (χ0) is 23.3. The molecule has 7 nitrogen and oxygen atoms in total. The van der Waals surface area contributed by atoms with Crippen LogP contribution in [0.1, 0.15) is 36.5 Å². The number of ether oxygens (including phenoxy) is 4. The van der Waals surface area contributed by atoms with Crippen molar-refractivity contribution in [1.82, 2.24) is 0 Å². The molecule has 2 N–H and O–H groups in total. The summed E-state index contributed by atoms with van der Waals surface area (Å²) in [5.41, 5.74) is 8.95. The Morgan fingerprint density at radius 2 is 1.91 bits per heavy atom. The highest BCUT2D eigenvalue weighted by Gasteiger charge is 2.36. The number of nitrogens with two attached hydrogens (primary N) is 1. The van der Waals surface area contributed by atoms with Crippen molar-refractivity contribution in [2.75, 3.05) is 13.7 Å². The van der Waals surface area contributed by atoms with Crippen molar-refractivity contribution in [2.45, 2.75) is 33.3 Å². The van der Waals surface area contributed by atoms with Gasteiger partial charge < -0.3 is 24.7 Å². The maximum absolute atomic E-state index is 12.7. The number of esters is 1. The number of allylic oxidation sites excluding steroid dienone is 2. The molecule has 0 amide bonds. The number of nitrogens with zero attached hydrogens (tertiary/aromatic N) is 1. The van der Waals surface area contributed by atoms with Crippen LogP contribution in [0.15, 0.2) is 65.3 Å². The van der Waals surface area contributed by atoms with Gasteiger partial charge in [-0.15, -0.1) is 0 Å². The molecule has 0 saturated carbocycles. The number of benzene rings is 2. The summed E-state index contributed by atoms with van der Waals surface area (Å²) < 4.78 is 22.1.